The Morgan fingerprint density at radius 2 is 1.75 bits per heavy atom. The Morgan fingerprint density at radius 1 is 1.00 bits per heavy atom. The summed E-state index contributed by atoms with van der Waals surface area (Å²) in [7, 11) is 0. The molecule has 0 unspecified atom stereocenters. The van der Waals surface area contributed by atoms with Crippen LogP contribution in [0.25, 0.3) is 11.3 Å². The second-order valence-corrected chi connectivity index (χ2v) is 9.18. The van der Waals surface area contributed by atoms with Gasteiger partial charge in [-0.15, -0.1) is 10.2 Å². The number of nitrogens with one attached hydrogen (secondary N) is 2. The van der Waals surface area contributed by atoms with Crippen LogP contribution in [-0.2, 0) is 4.79 Å². The highest BCUT2D eigenvalue weighted by Crippen LogP contribution is 2.26. The molecule has 4 aromatic rings. The number of thioether (sulfide) groups is 1. The van der Waals surface area contributed by atoms with Crippen molar-refractivity contribution in [3.63, 3.8) is 0 Å². The lowest BCUT2D eigenvalue weighted by Crippen LogP contribution is -2.14. The lowest BCUT2D eigenvalue weighted by atomic mass is 10.1. The Morgan fingerprint density at radius 3 is 2.50 bits per heavy atom. The van der Waals surface area contributed by atoms with E-state index in [4.69, 9.17) is 4.52 Å². The largest absolute Gasteiger partial charge is 0.355 e. The number of aromatic nitrogens is 3. The summed E-state index contributed by atoms with van der Waals surface area (Å²) in [6.45, 7) is 3.96. The van der Waals surface area contributed by atoms with E-state index in [2.05, 4.69) is 26.0 Å². The van der Waals surface area contributed by atoms with Crippen LogP contribution in [0.2, 0.25) is 0 Å². The molecule has 2 heterocycles. The van der Waals surface area contributed by atoms with Crippen molar-refractivity contribution in [2.24, 2.45) is 0 Å². The number of aryl methyl sites for hydroxylation is 2. The van der Waals surface area contributed by atoms with Gasteiger partial charge in [-0.3, -0.25) is 14.9 Å². The molecule has 0 atom stereocenters. The van der Waals surface area contributed by atoms with E-state index in [1.807, 2.05) is 62.4 Å². The summed E-state index contributed by atoms with van der Waals surface area (Å²) in [5.41, 5.74) is 3.90. The molecule has 0 aliphatic rings. The summed E-state index contributed by atoms with van der Waals surface area (Å²) >= 11 is 2.43. The van der Waals surface area contributed by atoms with E-state index < -0.39 is 5.91 Å². The van der Waals surface area contributed by atoms with Crippen LogP contribution < -0.4 is 10.6 Å². The first-order valence-corrected chi connectivity index (χ1v) is 11.4. The maximum Gasteiger partial charge on any atom is 0.279 e. The van der Waals surface area contributed by atoms with E-state index in [0.717, 1.165) is 22.4 Å². The van der Waals surface area contributed by atoms with Crippen molar-refractivity contribution in [3.8, 4) is 11.3 Å². The Bertz CT molecular complexity index is 1230. The van der Waals surface area contributed by atoms with Crippen molar-refractivity contribution in [3.05, 3.63) is 71.4 Å². The number of carbonyl (C=O) groups excluding carboxylic acids is 2. The van der Waals surface area contributed by atoms with Crippen LogP contribution in [-0.4, -0.2) is 32.9 Å². The number of hydrogen-bond acceptors (Lipinski definition) is 8. The van der Waals surface area contributed by atoms with E-state index in [9.17, 15) is 9.59 Å². The van der Waals surface area contributed by atoms with Gasteiger partial charge >= 0.3 is 0 Å². The number of carbonyl (C=O) groups is 2. The van der Waals surface area contributed by atoms with Gasteiger partial charge in [-0.2, -0.15) is 0 Å². The Balaban J connectivity index is 1.30. The number of hydrogen-bond donors (Lipinski definition) is 2. The molecule has 0 aliphatic carbocycles. The molecule has 0 aliphatic heterocycles. The average molecular weight is 466 g/mol. The molecule has 2 aromatic carbocycles. The zero-order valence-corrected chi connectivity index (χ0v) is 18.9. The van der Waals surface area contributed by atoms with Gasteiger partial charge in [0.25, 0.3) is 5.91 Å². The van der Waals surface area contributed by atoms with Crippen LogP contribution in [0.3, 0.4) is 0 Å². The van der Waals surface area contributed by atoms with Crippen molar-refractivity contribution in [1.29, 1.82) is 0 Å². The highest BCUT2D eigenvalue weighted by atomic mass is 32.2. The van der Waals surface area contributed by atoms with E-state index in [0.29, 0.717) is 15.2 Å². The van der Waals surface area contributed by atoms with Crippen LogP contribution in [0.5, 0.6) is 0 Å². The van der Waals surface area contributed by atoms with Crippen molar-refractivity contribution in [2.45, 2.75) is 18.2 Å². The van der Waals surface area contributed by atoms with E-state index >= 15 is 0 Å². The van der Waals surface area contributed by atoms with Crippen LogP contribution in [0.15, 0.2) is 63.5 Å². The number of nitrogens with zero attached hydrogens (tertiary/aromatic N) is 3. The lowest BCUT2D eigenvalue weighted by Gasteiger charge is -2.06. The highest BCUT2D eigenvalue weighted by molar-refractivity contribution is 8.01. The second-order valence-electron chi connectivity index (χ2n) is 6.98. The van der Waals surface area contributed by atoms with Gasteiger partial charge in [0, 0.05) is 17.3 Å². The molecule has 0 saturated heterocycles. The third kappa shape index (κ3) is 5.59. The van der Waals surface area contributed by atoms with Gasteiger partial charge in [-0.05, 0) is 37.1 Å². The van der Waals surface area contributed by atoms with Crippen LogP contribution in [0.1, 0.15) is 21.6 Å². The fraction of sp³-hybridized carbons (Fsp3) is 0.136. The number of rotatable bonds is 7. The van der Waals surface area contributed by atoms with Gasteiger partial charge in [-0.25, -0.2) is 0 Å². The molecule has 32 heavy (non-hydrogen) atoms. The predicted molar refractivity (Wildman–Crippen MR) is 125 cm³/mol. The van der Waals surface area contributed by atoms with Crippen molar-refractivity contribution in [1.82, 2.24) is 15.4 Å². The SMILES string of the molecule is Cc1cc(C)cc(NC(=O)CSc2nnc(NC(=O)c3cc(-c4ccccc4)on3)s2)c1. The van der Waals surface area contributed by atoms with Gasteiger partial charge in [0.2, 0.25) is 11.0 Å². The maximum absolute atomic E-state index is 12.4. The maximum atomic E-state index is 12.4. The zero-order chi connectivity index (χ0) is 22.5. The van der Waals surface area contributed by atoms with Crippen molar-refractivity contribution in [2.75, 3.05) is 16.4 Å². The summed E-state index contributed by atoms with van der Waals surface area (Å²) < 4.78 is 5.82. The first kappa shape index (κ1) is 21.7. The minimum absolute atomic E-state index is 0.140. The summed E-state index contributed by atoms with van der Waals surface area (Å²) in [6, 6.07) is 16.8. The first-order chi connectivity index (χ1) is 15.5. The quantitative estimate of drug-likeness (QED) is 0.298. The molecular formula is C22H19N5O3S2. The molecule has 2 N–H and O–H groups in total. The number of amides is 2. The summed E-state index contributed by atoms with van der Waals surface area (Å²) in [6.07, 6.45) is 0. The molecule has 162 valence electrons. The van der Waals surface area contributed by atoms with Crippen molar-refractivity contribution >= 4 is 45.7 Å². The minimum atomic E-state index is -0.448. The molecule has 0 radical (unpaired) electrons. The van der Waals surface area contributed by atoms with Gasteiger partial charge in [0.1, 0.15) is 0 Å². The minimum Gasteiger partial charge on any atom is -0.355 e. The van der Waals surface area contributed by atoms with Gasteiger partial charge in [-0.1, -0.05) is 64.7 Å². The number of benzene rings is 2. The van der Waals surface area contributed by atoms with Gasteiger partial charge in [0.05, 0.1) is 5.75 Å². The van der Waals surface area contributed by atoms with Crippen molar-refractivity contribution < 1.29 is 14.1 Å². The number of anilines is 2. The molecule has 10 heteroatoms. The summed E-state index contributed by atoms with van der Waals surface area (Å²) in [5.74, 6) is 0.0892. The Hall–Kier alpha value is -3.50. The molecule has 8 nitrogen and oxygen atoms in total. The highest BCUT2D eigenvalue weighted by Gasteiger charge is 2.16. The van der Waals surface area contributed by atoms with E-state index in [1.54, 1.807) is 6.07 Å². The standard InChI is InChI=1S/C22H19N5O3S2/c1-13-8-14(2)10-16(9-13)23-19(28)12-31-22-26-25-21(32-22)24-20(29)17-11-18(30-27-17)15-6-4-3-5-7-15/h3-11H,12H2,1-2H3,(H,23,28)(H,24,25,29). The molecule has 0 fully saturated rings. The smallest absolute Gasteiger partial charge is 0.279 e. The molecule has 0 spiro atoms. The molecule has 2 amide bonds. The van der Waals surface area contributed by atoms with Crippen LogP contribution in [0.4, 0.5) is 10.8 Å². The van der Waals surface area contributed by atoms with Crippen LogP contribution in [0, 0.1) is 13.8 Å². The first-order valence-electron chi connectivity index (χ1n) is 9.64. The molecule has 0 saturated carbocycles. The molecule has 0 bridgehead atoms. The third-order valence-corrected chi connectivity index (χ3v) is 6.23. The van der Waals surface area contributed by atoms with Crippen LogP contribution >= 0.6 is 23.1 Å². The molecule has 4 rings (SSSR count). The fourth-order valence-electron chi connectivity index (χ4n) is 2.97. The average Bonchev–Trinajstić information content (AvgIpc) is 3.42. The predicted octanol–water partition coefficient (Wildman–Crippen LogP) is 4.79. The normalized spacial score (nSPS) is 10.7. The van der Waals surface area contributed by atoms with E-state index in [1.165, 1.54) is 23.1 Å². The summed E-state index contributed by atoms with van der Waals surface area (Å²) in [5, 5.41) is 17.6. The van der Waals surface area contributed by atoms with Gasteiger partial charge < -0.3 is 9.84 Å². The third-order valence-electron chi connectivity index (χ3n) is 4.26. The zero-order valence-electron chi connectivity index (χ0n) is 17.3. The topological polar surface area (TPSA) is 110 Å². The summed E-state index contributed by atoms with van der Waals surface area (Å²) in [4.78, 5) is 24.7. The second kappa shape index (κ2) is 9.75. The lowest BCUT2D eigenvalue weighted by molar-refractivity contribution is -0.113. The Labute approximate surface area is 192 Å². The Kier molecular flexibility index (Phi) is 6.62. The molecule has 2 aromatic heterocycles. The monoisotopic (exact) mass is 465 g/mol. The van der Waals surface area contributed by atoms with Gasteiger partial charge in [0.15, 0.2) is 15.8 Å². The van der Waals surface area contributed by atoms with E-state index in [-0.39, 0.29) is 17.4 Å². The molecular weight excluding hydrogens is 446 g/mol. The fourth-order valence-corrected chi connectivity index (χ4v) is 4.52.